The Balaban J connectivity index is 1.45. The van der Waals surface area contributed by atoms with Gasteiger partial charge in [-0.2, -0.15) is 0 Å². The Labute approximate surface area is 247 Å². The second-order valence-corrected chi connectivity index (χ2v) is 11.1. The van der Waals surface area contributed by atoms with Crippen LogP contribution in [0.25, 0.3) is 22.2 Å². The first-order chi connectivity index (χ1) is 22.5. The van der Waals surface area contributed by atoms with Gasteiger partial charge in [0.05, 0.1) is 33.8 Å². The number of aromatic nitrogens is 2. The van der Waals surface area contributed by atoms with E-state index in [4.69, 9.17) is 31.7 Å². The molecule has 5 rings (SSSR count). The normalized spacial score (nSPS) is 14.8. The number of rotatable bonds is 11. The van der Waals surface area contributed by atoms with Gasteiger partial charge >= 0.3 is 0 Å². The lowest BCUT2D eigenvalue weighted by atomic mass is 10.1. The van der Waals surface area contributed by atoms with Crippen molar-refractivity contribution in [2.24, 2.45) is 0 Å². The predicted molar refractivity (Wildman–Crippen MR) is 154 cm³/mol. The lowest BCUT2D eigenvalue weighted by Crippen LogP contribution is -2.21. The van der Waals surface area contributed by atoms with Crippen LogP contribution in [0.3, 0.4) is 0 Å². The molecule has 0 saturated carbocycles. The van der Waals surface area contributed by atoms with Gasteiger partial charge in [0.15, 0.2) is 0 Å². The number of hydrogen-bond donors (Lipinski definition) is 2. The van der Waals surface area contributed by atoms with Crippen molar-refractivity contribution in [2.45, 2.75) is 13.1 Å². The highest BCUT2D eigenvalue weighted by molar-refractivity contribution is 7.90. The van der Waals surface area contributed by atoms with Crippen LogP contribution >= 0.6 is 11.6 Å². The zero-order valence-electron chi connectivity index (χ0n) is 28.9. The second kappa shape index (κ2) is 12.0. The topological polar surface area (TPSA) is 106 Å². The second-order valence-electron chi connectivity index (χ2n) is 8.51. The van der Waals surface area contributed by atoms with E-state index in [1.54, 1.807) is 30.3 Å². The van der Waals surface area contributed by atoms with Gasteiger partial charge in [-0.25, -0.2) is 22.8 Å². The maximum atomic E-state index is 14.2. The van der Waals surface area contributed by atoms with Gasteiger partial charge in [0, 0.05) is 29.4 Å². The molecule has 0 aliphatic rings. The fourth-order valence-electron chi connectivity index (χ4n) is 3.54. The van der Waals surface area contributed by atoms with E-state index in [1.807, 2.05) is 0 Å². The summed E-state index contributed by atoms with van der Waals surface area (Å²) in [6.45, 7) is -2.58. The number of anilines is 2. The van der Waals surface area contributed by atoms with Crippen molar-refractivity contribution in [1.29, 1.82) is 0 Å². The molecule has 40 heavy (non-hydrogen) atoms. The third kappa shape index (κ3) is 7.15. The number of fused-ring (bicyclic) bond motifs is 1. The van der Waals surface area contributed by atoms with Crippen molar-refractivity contribution in [3.8, 4) is 17.1 Å². The fraction of sp³-hybridized carbons (Fsp3) is 0.172. The smallest absolute Gasteiger partial charge is 0.148 e. The molecular weight excluding hydrogens is 555 g/mol. The minimum absolute atomic E-state index is 0.0128. The first-order valence-corrected chi connectivity index (χ1v) is 14.2. The minimum Gasteiger partial charge on any atom is -0.487 e. The quantitative estimate of drug-likeness (QED) is 0.177. The zero-order chi connectivity index (χ0) is 35.1. The molecule has 0 spiro atoms. The summed E-state index contributed by atoms with van der Waals surface area (Å²) in [4.78, 5) is 8.49. The van der Waals surface area contributed by atoms with Crippen LogP contribution in [-0.2, 0) is 22.9 Å². The largest absolute Gasteiger partial charge is 0.487 e. The summed E-state index contributed by atoms with van der Waals surface area (Å²) in [5.41, 5.74) is -0.0836. The molecule has 5 aromatic rings. The molecule has 2 aromatic heterocycles. The van der Waals surface area contributed by atoms with Crippen molar-refractivity contribution in [3.63, 3.8) is 0 Å². The number of furan rings is 1. The van der Waals surface area contributed by atoms with E-state index in [9.17, 15) is 12.8 Å². The number of benzene rings is 3. The SMILES string of the molecule is [2H]c1cc(F)c([2H])c(C([2H])([2H])Oc2c([2H])c([2H])c(Nc3ncnc4ccc(-c5ccc(CNCCS(C)(=O)=O)o5)cc34)c([2H])c2Cl)c1[2H]. The van der Waals surface area contributed by atoms with E-state index in [0.29, 0.717) is 40.6 Å². The average molecular weight is 589 g/mol. The Hall–Kier alpha value is -3.99. The lowest BCUT2D eigenvalue weighted by Gasteiger charge is -2.12. The van der Waals surface area contributed by atoms with Crippen molar-refractivity contribution in [1.82, 2.24) is 15.3 Å². The van der Waals surface area contributed by atoms with Gasteiger partial charge < -0.3 is 19.8 Å². The number of hydrogen-bond acceptors (Lipinski definition) is 8. The summed E-state index contributed by atoms with van der Waals surface area (Å²) < 4.78 is 114. The van der Waals surface area contributed by atoms with Crippen LogP contribution in [0.4, 0.5) is 15.9 Å². The Morgan fingerprint density at radius 3 is 2.88 bits per heavy atom. The molecular formula is C29H26ClFN4O4S. The van der Waals surface area contributed by atoms with E-state index in [1.165, 1.54) is 6.33 Å². The fourth-order valence-corrected chi connectivity index (χ4v) is 4.24. The van der Waals surface area contributed by atoms with Gasteiger partial charge in [0.1, 0.15) is 51.6 Å². The van der Waals surface area contributed by atoms with E-state index >= 15 is 0 Å². The predicted octanol–water partition coefficient (Wildman–Crippen LogP) is 6.14. The summed E-state index contributed by atoms with van der Waals surface area (Å²) in [5.74, 6) is -0.836. The number of nitrogens with zero attached hydrogens (tertiary/aromatic N) is 2. The molecule has 3 aromatic carbocycles. The van der Waals surface area contributed by atoms with Crippen LogP contribution in [0.5, 0.6) is 5.75 Å². The van der Waals surface area contributed by atoms with E-state index in [0.717, 1.165) is 6.26 Å². The number of sulfone groups is 1. The maximum Gasteiger partial charge on any atom is 0.148 e. The summed E-state index contributed by atoms with van der Waals surface area (Å²) in [6, 6.07) is 4.75. The first kappa shape index (κ1) is 19.1. The van der Waals surface area contributed by atoms with Crippen LogP contribution in [0.15, 0.2) is 83.4 Å². The molecule has 206 valence electrons. The average Bonchev–Trinajstić information content (AvgIpc) is 3.50. The van der Waals surface area contributed by atoms with Gasteiger partial charge in [0.2, 0.25) is 0 Å². The molecule has 0 radical (unpaired) electrons. The zero-order valence-corrected chi connectivity index (χ0v) is 22.4. The Morgan fingerprint density at radius 2 is 2.02 bits per heavy atom. The molecule has 0 saturated heterocycles. The summed E-state index contributed by atoms with van der Waals surface area (Å²) in [7, 11) is -3.10. The van der Waals surface area contributed by atoms with Crippen LogP contribution in [-0.4, -0.2) is 36.9 Å². The molecule has 0 aliphatic heterocycles. The van der Waals surface area contributed by atoms with Gasteiger partial charge in [-0.05, 0) is 66.1 Å². The van der Waals surface area contributed by atoms with Gasteiger partial charge in [-0.3, -0.25) is 0 Å². The van der Waals surface area contributed by atoms with Crippen LogP contribution in [0.1, 0.15) is 22.3 Å². The van der Waals surface area contributed by atoms with Crippen molar-refractivity contribution >= 4 is 43.8 Å². The van der Waals surface area contributed by atoms with Gasteiger partial charge in [-0.1, -0.05) is 23.7 Å². The Morgan fingerprint density at radius 1 is 1.15 bits per heavy atom. The Bertz CT molecular complexity index is 2120. The highest BCUT2D eigenvalue weighted by Gasteiger charge is 2.11. The number of halogens is 2. The lowest BCUT2D eigenvalue weighted by molar-refractivity contribution is 0.306. The molecule has 2 N–H and O–H groups in total. The highest BCUT2D eigenvalue weighted by atomic mass is 35.5. The van der Waals surface area contributed by atoms with Gasteiger partial charge in [0.25, 0.3) is 0 Å². The maximum absolute atomic E-state index is 14.2. The van der Waals surface area contributed by atoms with Crippen molar-refractivity contribution < 1.29 is 32.9 Å². The summed E-state index contributed by atoms with van der Waals surface area (Å²) in [5, 5.41) is 5.71. The van der Waals surface area contributed by atoms with Crippen LogP contribution in [0, 0.1) is 5.82 Å². The van der Waals surface area contributed by atoms with E-state index in [2.05, 4.69) is 20.6 Å². The van der Waals surface area contributed by atoms with Crippen LogP contribution in [0.2, 0.25) is 5.02 Å². The summed E-state index contributed by atoms with van der Waals surface area (Å²) in [6.07, 6.45) is 2.40. The number of nitrogens with one attached hydrogen (secondary N) is 2. The molecule has 0 aliphatic carbocycles. The monoisotopic (exact) mass is 588 g/mol. The van der Waals surface area contributed by atoms with Gasteiger partial charge in [-0.15, -0.1) is 0 Å². The third-order valence-electron chi connectivity index (χ3n) is 5.40. The molecule has 0 amide bonds. The molecule has 2 heterocycles. The molecule has 8 nitrogen and oxygen atoms in total. The molecule has 0 bridgehead atoms. The van der Waals surface area contributed by atoms with Crippen molar-refractivity contribution in [3.05, 3.63) is 101 Å². The standard InChI is InChI=1S/C29H26ClFN4O4S/c1-40(36,37)12-11-32-16-23-7-10-27(39-23)20-5-8-26-24(14-20)29(34-18-33-26)35-22-6-9-28(25(30)15-22)38-17-19-3-2-4-21(31)13-19/h2-10,13-15,18,32H,11-12,16-17H2,1H3,(H,33,34,35)/i2D,3D,6D,9D,13D,15D,17D2. The highest BCUT2D eigenvalue weighted by Crippen LogP contribution is 2.32. The van der Waals surface area contributed by atoms with Crippen LogP contribution < -0.4 is 15.4 Å². The van der Waals surface area contributed by atoms with E-state index in [-0.39, 0.29) is 23.8 Å². The Kier molecular flexibility index (Phi) is 5.76. The first-order valence-electron chi connectivity index (χ1n) is 15.7. The summed E-state index contributed by atoms with van der Waals surface area (Å²) >= 11 is 6.36. The molecule has 0 atom stereocenters. The molecule has 0 fully saturated rings. The third-order valence-corrected chi connectivity index (χ3v) is 6.62. The number of ether oxygens (including phenoxy) is 1. The minimum atomic E-state index is -3.14. The molecule has 11 heteroatoms. The van der Waals surface area contributed by atoms with E-state index < -0.39 is 74.8 Å². The molecule has 0 unspecified atom stereocenters. The van der Waals surface area contributed by atoms with Crippen molar-refractivity contribution in [2.75, 3.05) is 23.9 Å².